The van der Waals surface area contributed by atoms with Gasteiger partial charge in [0.25, 0.3) is 11.8 Å². The van der Waals surface area contributed by atoms with Gasteiger partial charge in [0.1, 0.15) is 17.2 Å². The molecule has 0 fully saturated rings. The summed E-state index contributed by atoms with van der Waals surface area (Å²) in [4.78, 5) is 12.5. The lowest BCUT2D eigenvalue weighted by Crippen LogP contribution is -2.13. The van der Waals surface area contributed by atoms with E-state index in [0.29, 0.717) is 28.4 Å². The van der Waals surface area contributed by atoms with E-state index in [-0.39, 0.29) is 11.9 Å². The summed E-state index contributed by atoms with van der Waals surface area (Å²) in [6, 6.07) is 12.0. The first-order chi connectivity index (χ1) is 12.7. The highest BCUT2D eigenvalue weighted by molar-refractivity contribution is 6.05. The number of nitrogens with one attached hydrogen (secondary N) is 1. The predicted octanol–water partition coefficient (Wildman–Crippen LogP) is 3.01. The van der Waals surface area contributed by atoms with Gasteiger partial charge in [-0.3, -0.25) is 10.1 Å². The molecule has 0 aliphatic rings. The van der Waals surface area contributed by atoms with E-state index in [9.17, 15) is 4.79 Å². The van der Waals surface area contributed by atoms with Crippen LogP contribution in [0.2, 0.25) is 0 Å². The Balaban J connectivity index is 1.82. The molecule has 0 aliphatic heterocycles. The number of ether oxygens (including phenoxy) is 3. The number of carbonyl (C=O) groups excluding carboxylic acids is 1. The van der Waals surface area contributed by atoms with Crippen molar-refractivity contribution < 1.29 is 23.4 Å². The molecule has 8 heteroatoms. The second-order valence-corrected chi connectivity index (χ2v) is 5.13. The molecule has 1 aromatic heterocycles. The lowest BCUT2D eigenvalue weighted by molar-refractivity contribution is 0.102. The van der Waals surface area contributed by atoms with Gasteiger partial charge in [0.2, 0.25) is 0 Å². The first-order valence-corrected chi connectivity index (χ1v) is 7.66. The van der Waals surface area contributed by atoms with Crippen molar-refractivity contribution in [2.24, 2.45) is 0 Å². The van der Waals surface area contributed by atoms with Crippen molar-refractivity contribution in [3.63, 3.8) is 0 Å². The van der Waals surface area contributed by atoms with Gasteiger partial charge in [-0.25, -0.2) is 0 Å². The molecule has 1 amide bonds. The summed E-state index contributed by atoms with van der Waals surface area (Å²) in [7, 11) is 4.55. The molecule has 0 radical (unpaired) electrons. The van der Waals surface area contributed by atoms with Crippen LogP contribution in [0.25, 0.3) is 11.5 Å². The minimum absolute atomic E-state index is 0.0335. The van der Waals surface area contributed by atoms with E-state index in [1.54, 1.807) is 37.4 Å². The molecule has 3 rings (SSSR count). The minimum Gasteiger partial charge on any atom is -0.497 e. The van der Waals surface area contributed by atoms with E-state index < -0.39 is 5.91 Å². The molecule has 2 aromatic carbocycles. The highest BCUT2D eigenvalue weighted by Crippen LogP contribution is 2.30. The van der Waals surface area contributed by atoms with Crippen molar-refractivity contribution in [1.29, 1.82) is 0 Å². The third kappa shape index (κ3) is 3.44. The van der Waals surface area contributed by atoms with Gasteiger partial charge in [0, 0.05) is 6.07 Å². The van der Waals surface area contributed by atoms with Crippen molar-refractivity contribution in [1.82, 2.24) is 10.2 Å². The summed E-state index contributed by atoms with van der Waals surface area (Å²) in [5.41, 5.74) is 0.940. The van der Waals surface area contributed by atoms with E-state index in [2.05, 4.69) is 15.5 Å². The van der Waals surface area contributed by atoms with Crippen molar-refractivity contribution in [2.75, 3.05) is 26.6 Å². The SMILES string of the molecule is COc1ccc(C(=O)Nc2nnc(-c3ccccc3OC)o2)c(OC)c1. The Morgan fingerprint density at radius 2 is 1.73 bits per heavy atom. The molecule has 134 valence electrons. The number of rotatable bonds is 6. The maximum absolute atomic E-state index is 12.5. The van der Waals surface area contributed by atoms with Gasteiger partial charge in [-0.05, 0) is 24.3 Å². The molecule has 8 nitrogen and oxygen atoms in total. The smallest absolute Gasteiger partial charge is 0.322 e. The fourth-order valence-electron chi connectivity index (χ4n) is 2.35. The van der Waals surface area contributed by atoms with Gasteiger partial charge in [-0.15, -0.1) is 5.10 Å². The number of hydrogen-bond donors (Lipinski definition) is 1. The molecule has 3 aromatic rings. The van der Waals surface area contributed by atoms with Gasteiger partial charge in [-0.1, -0.05) is 17.2 Å². The van der Waals surface area contributed by atoms with E-state index in [4.69, 9.17) is 18.6 Å². The number of hydrogen-bond acceptors (Lipinski definition) is 7. The fraction of sp³-hybridized carbons (Fsp3) is 0.167. The van der Waals surface area contributed by atoms with Crippen molar-refractivity contribution >= 4 is 11.9 Å². The van der Waals surface area contributed by atoms with Crippen LogP contribution in [0.3, 0.4) is 0 Å². The van der Waals surface area contributed by atoms with Gasteiger partial charge in [-0.2, -0.15) is 0 Å². The maximum Gasteiger partial charge on any atom is 0.322 e. The first-order valence-electron chi connectivity index (χ1n) is 7.66. The number of para-hydroxylation sites is 1. The van der Waals surface area contributed by atoms with Crippen LogP contribution in [0.5, 0.6) is 17.2 Å². The molecular formula is C18H17N3O5. The molecule has 26 heavy (non-hydrogen) atoms. The Morgan fingerprint density at radius 1 is 0.962 bits per heavy atom. The first kappa shape index (κ1) is 17.3. The van der Waals surface area contributed by atoms with Gasteiger partial charge in [0.15, 0.2) is 0 Å². The van der Waals surface area contributed by atoms with Gasteiger partial charge < -0.3 is 18.6 Å². The number of amides is 1. The minimum atomic E-state index is -0.445. The number of benzene rings is 2. The van der Waals surface area contributed by atoms with Crippen LogP contribution in [0.15, 0.2) is 46.9 Å². The van der Waals surface area contributed by atoms with Crippen LogP contribution < -0.4 is 19.5 Å². The molecule has 1 N–H and O–H groups in total. The zero-order valence-corrected chi connectivity index (χ0v) is 14.5. The monoisotopic (exact) mass is 355 g/mol. The quantitative estimate of drug-likeness (QED) is 0.726. The molecule has 0 aliphatic carbocycles. The van der Waals surface area contributed by atoms with Crippen LogP contribution in [0, 0.1) is 0 Å². The molecule has 0 spiro atoms. The normalized spacial score (nSPS) is 10.3. The Labute approximate surface area is 149 Å². The zero-order valence-electron chi connectivity index (χ0n) is 14.5. The molecule has 0 saturated carbocycles. The zero-order chi connectivity index (χ0) is 18.5. The van der Waals surface area contributed by atoms with Gasteiger partial charge in [0.05, 0.1) is 32.5 Å². The Bertz CT molecular complexity index is 923. The van der Waals surface area contributed by atoms with E-state index >= 15 is 0 Å². The Kier molecular flexibility index (Phi) is 5.02. The highest BCUT2D eigenvalue weighted by Gasteiger charge is 2.18. The van der Waals surface area contributed by atoms with Crippen LogP contribution in [0.1, 0.15) is 10.4 Å². The topological polar surface area (TPSA) is 95.7 Å². The number of anilines is 1. The lowest BCUT2D eigenvalue weighted by atomic mass is 10.2. The fourth-order valence-corrected chi connectivity index (χ4v) is 2.35. The van der Waals surface area contributed by atoms with E-state index in [1.807, 2.05) is 12.1 Å². The largest absolute Gasteiger partial charge is 0.497 e. The maximum atomic E-state index is 12.5. The predicted molar refractivity (Wildman–Crippen MR) is 93.8 cm³/mol. The Morgan fingerprint density at radius 3 is 2.46 bits per heavy atom. The number of methoxy groups -OCH3 is 3. The van der Waals surface area contributed by atoms with Crippen LogP contribution in [0.4, 0.5) is 6.01 Å². The summed E-state index contributed by atoms with van der Waals surface area (Å²) in [6.45, 7) is 0. The molecule has 0 unspecified atom stereocenters. The van der Waals surface area contributed by atoms with Crippen molar-refractivity contribution in [2.45, 2.75) is 0 Å². The standard InChI is InChI=1S/C18H17N3O5/c1-23-11-8-9-12(15(10-11)25-3)16(22)19-18-21-20-17(26-18)13-6-4-5-7-14(13)24-2/h4-10H,1-3H3,(H,19,21,22). The number of aromatic nitrogens is 2. The lowest BCUT2D eigenvalue weighted by Gasteiger charge is -2.09. The summed E-state index contributed by atoms with van der Waals surface area (Å²) in [5.74, 6) is 1.32. The number of carbonyl (C=O) groups is 1. The summed E-state index contributed by atoms with van der Waals surface area (Å²) < 4.78 is 21.1. The van der Waals surface area contributed by atoms with E-state index in [0.717, 1.165) is 0 Å². The van der Waals surface area contributed by atoms with Crippen LogP contribution in [-0.2, 0) is 0 Å². The molecule has 0 atom stereocenters. The Hall–Kier alpha value is -3.55. The third-order valence-corrected chi connectivity index (χ3v) is 3.64. The van der Waals surface area contributed by atoms with E-state index in [1.165, 1.54) is 14.2 Å². The number of nitrogens with zero attached hydrogens (tertiary/aromatic N) is 2. The third-order valence-electron chi connectivity index (χ3n) is 3.64. The molecule has 1 heterocycles. The summed E-state index contributed by atoms with van der Waals surface area (Å²) in [5, 5.41) is 10.4. The highest BCUT2D eigenvalue weighted by atomic mass is 16.5. The second-order valence-electron chi connectivity index (χ2n) is 5.13. The van der Waals surface area contributed by atoms with Crippen molar-refractivity contribution in [3.05, 3.63) is 48.0 Å². The average Bonchev–Trinajstić information content (AvgIpc) is 3.15. The molecule has 0 saturated heterocycles. The van der Waals surface area contributed by atoms with Crippen LogP contribution in [-0.4, -0.2) is 37.4 Å². The molecular weight excluding hydrogens is 338 g/mol. The second kappa shape index (κ2) is 7.56. The van der Waals surface area contributed by atoms with Gasteiger partial charge >= 0.3 is 6.01 Å². The molecule has 0 bridgehead atoms. The average molecular weight is 355 g/mol. The summed E-state index contributed by atoms with van der Waals surface area (Å²) >= 11 is 0. The van der Waals surface area contributed by atoms with Crippen molar-refractivity contribution in [3.8, 4) is 28.7 Å². The summed E-state index contributed by atoms with van der Waals surface area (Å²) in [6.07, 6.45) is 0. The van der Waals surface area contributed by atoms with Crippen LogP contribution >= 0.6 is 0 Å².